The molecule has 0 bridgehead atoms. The lowest BCUT2D eigenvalue weighted by Gasteiger charge is -2.10. The molecule has 3 aromatic heterocycles. The molecule has 0 fully saturated rings. The molecule has 0 atom stereocenters. The van der Waals surface area contributed by atoms with Crippen LogP contribution in [-0.2, 0) is 6.54 Å². The van der Waals surface area contributed by atoms with Crippen molar-refractivity contribution in [3.63, 3.8) is 0 Å². The molecule has 1 N–H and O–H groups in total. The van der Waals surface area contributed by atoms with Crippen molar-refractivity contribution in [2.75, 3.05) is 5.32 Å². The van der Waals surface area contributed by atoms with Crippen molar-refractivity contribution in [1.82, 2.24) is 19.7 Å². The van der Waals surface area contributed by atoms with E-state index in [1.165, 1.54) is 0 Å². The van der Waals surface area contributed by atoms with Crippen LogP contribution in [0.4, 0.5) is 5.69 Å². The Hall–Kier alpha value is -4.26. The summed E-state index contributed by atoms with van der Waals surface area (Å²) in [5.41, 5.74) is 6.00. The van der Waals surface area contributed by atoms with Gasteiger partial charge in [-0.25, -0.2) is 9.97 Å². The second-order valence-electron chi connectivity index (χ2n) is 7.76. The van der Waals surface area contributed by atoms with Gasteiger partial charge in [0.25, 0.3) is 11.6 Å². The number of fused-ring (bicyclic) bond motifs is 1. The zero-order chi connectivity index (χ0) is 22.1. The summed E-state index contributed by atoms with van der Waals surface area (Å²) in [5, 5.41) is 7.62. The molecule has 3 heterocycles. The summed E-state index contributed by atoms with van der Waals surface area (Å²) in [5.74, 6) is -0.237. The molecule has 0 aliphatic rings. The number of carbonyl (C=O) groups excluding carboxylic acids is 1. The predicted molar refractivity (Wildman–Crippen MR) is 122 cm³/mol. The molecule has 0 saturated heterocycles. The Morgan fingerprint density at radius 2 is 1.84 bits per heavy atom. The highest BCUT2D eigenvalue weighted by Gasteiger charge is 2.19. The van der Waals surface area contributed by atoms with Gasteiger partial charge < -0.3 is 14.4 Å². The van der Waals surface area contributed by atoms with Crippen molar-refractivity contribution in [1.29, 1.82) is 0 Å². The lowest BCUT2D eigenvalue weighted by molar-refractivity contribution is 0.102. The van der Waals surface area contributed by atoms with Crippen molar-refractivity contribution in [2.45, 2.75) is 20.4 Å². The Bertz CT molecular complexity index is 1390. The highest BCUT2D eigenvalue weighted by Crippen LogP contribution is 2.28. The summed E-state index contributed by atoms with van der Waals surface area (Å²) < 4.78 is 7.38. The zero-order valence-electron chi connectivity index (χ0n) is 17.7. The molecule has 0 spiro atoms. The Balaban J connectivity index is 1.44. The third kappa shape index (κ3) is 3.88. The van der Waals surface area contributed by atoms with E-state index in [0.29, 0.717) is 33.7 Å². The van der Waals surface area contributed by atoms with Gasteiger partial charge in [0.15, 0.2) is 0 Å². The van der Waals surface area contributed by atoms with Crippen LogP contribution in [0, 0.1) is 13.8 Å². The number of anilines is 1. The maximum atomic E-state index is 13.2. The number of rotatable bonds is 5. The van der Waals surface area contributed by atoms with Crippen molar-refractivity contribution < 1.29 is 9.32 Å². The molecule has 5 aromatic rings. The van der Waals surface area contributed by atoms with Gasteiger partial charge in [-0.05, 0) is 37.6 Å². The maximum Gasteiger partial charge on any atom is 0.259 e. The van der Waals surface area contributed by atoms with Crippen LogP contribution >= 0.6 is 0 Å². The monoisotopic (exact) mass is 423 g/mol. The first-order chi connectivity index (χ1) is 15.6. The number of pyridine rings is 1. The van der Waals surface area contributed by atoms with Crippen LogP contribution in [0.15, 0.2) is 77.8 Å². The Morgan fingerprint density at radius 1 is 1.06 bits per heavy atom. The molecule has 2 aromatic carbocycles. The zero-order valence-corrected chi connectivity index (χ0v) is 17.7. The summed E-state index contributed by atoms with van der Waals surface area (Å²) in [6, 6.07) is 17.5. The van der Waals surface area contributed by atoms with Crippen molar-refractivity contribution in [3.05, 3.63) is 95.7 Å². The van der Waals surface area contributed by atoms with Gasteiger partial charge in [0, 0.05) is 30.2 Å². The van der Waals surface area contributed by atoms with Crippen LogP contribution in [0.25, 0.3) is 22.4 Å². The van der Waals surface area contributed by atoms with Crippen LogP contribution in [0.2, 0.25) is 0 Å². The number of amides is 1. The van der Waals surface area contributed by atoms with E-state index in [9.17, 15) is 4.79 Å². The first-order valence-electron chi connectivity index (χ1n) is 10.3. The normalized spacial score (nSPS) is 11.1. The molecular formula is C25H21N5O2. The lowest BCUT2D eigenvalue weighted by atomic mass is 10.0. The van der Waals surface area contributed by atoms with Gasteiger partial charge in [-0.15, -0.1) is 0 Å². The molecule has 1 amide bonds. The topological polar surface area (TPSA) is 85.8 Å². The predicted octanol–water partition coefficient (Wildman–Crippen LogP) is 5.00. The minimum atomic E-state index is -0.237. The summed E-state index contributed by atoms with van der Waals surface area (Å²) in [4.78, 5) is 21.9. The van der Waals surface area contributed by atoms with Crippen LogP contribution in [-0.4, -0.2) is 25.6 Å². The standard InChI is InChI=1S/C25H21N5O2/c1-16-3-7-19(8-4-16)22-13-21(23-17(2)29-32-25(23)28-22)24(31)27-20-9-5-18(6-10-20)14-30-12-11-26-15-30/h3-13,15H,14H2,1-2H3,(H,27,31). The molecule has 7 heteroatoms. The van der Waals surface area contributed by atoms with E-state index in [4.69, 9.17) is 4.52 Å². The van der Waals surface area contributed by atoms with E-state index in [2.05, 4.69) is 20.4 Å². The average Bonchev–Trinajstić information content (AvgIpc) is 3.45. The number of imidazole rings is 1. The van der Waals surface area contributed by atoms with E-state index >= 15 is 0 Å². The number of nitrogens with zero attached hydrogens (tertiary/aromatic N) is 4. The minimum Gasteiger partial charge on any atom is -0.335 e. The van der Waals surface area contributed by atoms with E-state index in [-0.39, 0.29) is 5.91 Å². The van der Waals surface area contributed by atoms with Gasteiger partial charge in [-0.1, -0.05) is 47.1 Å². The fourth-order valence-electron chi connectivity index (χ4n) is 3.63. The van der Waals surface area contributed by atoms with Gasteiger partial charge in [0.05, 0.1) is 28.7 Å². The van der Waals surface area contributed by atoms with E-state index < -0.39 is 0 Å². The van der Waals surface area contributed by atoms with Crippen molar-refractivity contribution >= 4 is 22.7 Å². The quantitative estimate of drug-likeness (QED) is 0.430. The number of aromatic nitrogens is 4. The summed E-state index contributed by atoms with van der Waals surface area (Å²) in [6.07, 6.45) is 5.44. The molecule has 0 radical (unpaired) electrons. The number of nitrogens with one attached hydrogen (secondary N) is 1. The number of aryl methyl sites for hydroxylation is 2. The summed E-state index contributed by atoms with van der Waals surface area (Å²) in [7, 11) is 0. The lowest BCUT2D eigenvalue weighted by Crippen LogP contribution is -2.13. The van der Waals surface area contributed by atoms with Gasteiger partial charge in [0.1, 0.15) is 0 Å². The molecule has 158 valence electrons. The van der Waals surface area contributed by atoms with Crippen molar-refractivity contribution in [2.24, 2.45) is 0 Å². The van der Waals surface area contributed by atoms with Crippen molar-refractivity contribution in [3.8, 4) is 11.3 Å². The fraction of sp³-hybridized carbons (Fsp3) is 0.120. The van der Waals surface area contributed by atoms with E-state index in [1.807, 2.05) is 66.2 Å². The third-order valence-electron chi connectivity index (χ3n) is 5.35. The molecule has 0 aliphatic carbocycles. The number of hydrogen-bond donors (Lipinski definition) is 1. The third-order valence-corrected chi connectivity index (χ3v) is 5.35. The van der Waals surface area contributed by atoms with Gasteiger partial charge in [0.2, 0.25) is 0 Å². The smallest absolute Gasteiger partial charge is 0.259 e. The highest BCUT2D eigenvalue weighted by atomic mass is 16.5. The number of hydrogen-bond acceptors (Lipinski definition) is 5. The van der Waals surface area contributed by atoms with Crippen LogP contribution in [0.1, 0.15) is 27.2 Å². The van der Waals surface area contributed by atoms with Crippen LogP contribution in [0.3, 0.4) is 0 Å². The Morgan fingerprint density at radius 3 is 2.56 bits per heavy atom. The first-order valence-corrected chi connectivity index (χ1v) is 10.3. The van der Waals surface area contributed by atoms with Gasteiger partial charge in [-0.2, -0.15) is 0 Å². The average molecular weight is 423 g/mol. The van der Waals surface area contributed by atoms with E-state index in [0.717, 1.165) is 23.2 Å². The second kappa shape index (κ2) is 8.11. The number of benzene rings is 2. The second-order valence-corrected chi connectivity index (χ2v) is 7.76. The molecule has 0 saturated carbocycles. The molecule has 32 heavy (non-hydrogen) atoms. The maximum absolute atomic E-state index is 13.2. The summed E-state index contributed by atoms with van der Waals surface area (Å²) in [6.45, 7) is 4.56. The first kappa shape index (κ1) is 19.7. The molecule has 7 nitrogen and oxygen atoms in total. The Kier molecular flexibility index (Phi) is 4.99. The van der Waals surface area contributed by atoms with Crippen LogP contribution < -0.4 is 5.32 Å². The van der Waals surface area contributed by atoms with Gasteiger partial charge >= 0.3 is 0 Å². The molecule has 0 unspecified atom stereocenters. The molecule has 5 rings (SSSR count). The van der Waals surface area contributed by atoms with Crippen LogP contribution in [0.5, 0.6) is 0 Å². The SMILES string of the molecule is Cc1ccc(-c2cc(C(=O)Nc3ccc(Cn4ccnc4)cc3)c3c(C)noc3n2)cc1. The van der Waals surface area contributed by atoms with Gasteiger partial charge in [-0.3, -0.25) is 4.79 Å². The highest BCUT2D eigenvalue weighted by molar-refractivity contribution is 6.13. The fourth-order valence-corrected chi connectivity index (χ4v) is 3.63. The van der Waals surface area contributed by atoms with E-state index in [1.54, 1.807) is 25.5 Å². The molecular weight excluding hydrogens is 402 g/mol. The summed E-state index contributed by atoms with van der Waals surface area (Å²) >= 11 is 0. The number of carbonyl (C=O) groups is 1. The minimum absolute atomic E-state index is 0.237. The largest absolute Gasteiger partial charge is 0.335 e. The Labute approximate surface area is 184 Å². The molecule has 0 aliphatic heterocycles.